The van der Waals surface area contributed by atoms with E-state index in [9.17, 15) is 18.8 Å². The third-order valence-electron chi connectivity index (χ3n) is 6.90. The number of fused-ring (bicyclic) bond motifs is 5. The molecule has 2 amide bonds. The molecular formula is C27H18ClFN2O3. The summed E-state index contributed by atoms with van der Waals surface area (Å²) in [6.07, 6.45) is 3.82. The number of halogens is 2. The number of benzene rings is 3. The van der Waals surface area contributed by atoms with Gasteiger partial charge in [-0.1, -0.05) is 72.3 Å². The van der Waals surface area contributed by atoms with Gasteiger partial charge in [-0.25, -0.2) is 9.29 Å². The predicted molar refractivity (Wildman–Crippen MR) is 127 cm³/mol. The molecule has 4 atom stereocenters. The first-order chi connectivity index (χ1) is 16.5. The van der Waals surface area contributed by atoms with Crippen LogP contribution >= 0.6 is 11.6 Å². The minimum absolute atomic E-state index is 0.180. The quantitative estimate of drug-likeness (QED) is 0.407. The predicted octanol–water partition coefficient (Wildman–Crippen LogP) is 4.75. The zero-order valence-electron chi connectivity index (χ0n) is 17.8. The fourth-order valence-electron chi connectivity index (χ4n) is 5.47. The van der Waals surface area contributed by atoms with Gasteiger partial charge in [0.2, 0.25) is 11.8 Å². The van der Waals surface area contributed by atoms with E-state index in [4.69, 9.17) is 11.6 Å². The number of imide groups is 1. The number of carbonyl (C=O) groups is 3. The summed E-state index contributed by atoms with van der Waals surface area (Å²) in [6.45, 7) is 0. The van der Waals surface area contributed by atoms with Crippen LogP contribution in [0.2, 0.25) is 5.02 Å². The number of hydrogen-bond donors (Lipinski definition) is 0. The van der Waals surface area contributed by atoms with Crippen molar-refractivity contribution in [1.82, 2.24) is 0 Å². The van der Waals surface area contributed by atoms with E-state index in [1.165, 1.54) is 12.1 Å². The Morgan fingerprint density at radius 3 is 2.35 bits per heavy atom. The Morgan fingerprint density at radius 1 is 0.882 bits per heavy atom. The first-order valence-electron chi connectivity index (χ1n) is 10.9. The maximum absolute atomic E-state index is 13.8. The van der Waals surface area contributed by atoms with Gasteiger partial charge < -0.3 is 4.90 Å². The lowest BCUT2D eigenvalue weighted by atomic mass is 9.86. The van der Waals surface area contributed by atoms with Crippen LogP contribution in [0.15, 0.2) is 78.9 Å². The number of Topliss-reactive ketones (excluding diaryl/α,β-unsaturated/α-hetero) is 1. The van der Waals surface area contributed by atoms with Crippen molar-refractivity contribution < 1.29 is 18.8 Å². The molecule has 34 heavy (non-hydrogen) atoms. The van der Waals surface area contributed by atoms with Gasteiger partial charge in [-0.2, -0.15) is 0 Å². The summed E-state index contributed by atoms with van der Waals surface area (Å²) >= 11 is 5.94. The van der Waals surface area contributed by atoms with E-state index in [-0.39, 0.29) is 16.5 Å². The standard InChI is InChI=1S/C27H18ClFN2O3/c28-18-14-17(11-12-19(18)29)30-26(33)22-21-13-10-15-6-4-5-9-20(15)31(21)24(23(22)27(30)34)25(32)16-7-2-1-3-8-16/h1-14,21-24H. The summed E-state index contributed by atoms with van der Waals surface area (Å²) in [5.74, 6) is -3.39. The van der Waals surface area contributed by atoms with Crippen LogP contribution in [0.3, 0.4) is 0 Å². The SMILES string of the molecule is O=C(c1ccccc1)C1C2C(=O)N(c3ccc(F)c(Cl)c3)C(=O)C2C2C=Cc3ccccc3N21. The average Bonchev–Trinajstić information content (AvgIpc) is 3.34. The number of nitrogens with zero attached hydrogens (tertiary/aromatic N) is 2. The molecule has 0 aromatic heterocycles. The van der Waals surface area contributed by atoms with Gasteiger partial charge in [0.1, 0.15) is 11.9 Å². The topological polar surface area (TPSA) is 57.7 Å². The van der Waals surface area contributed by atoms with Crippen LogP contribution in [-0.2, 0) is 9.59 Å². The van der Waals surface area contributed by atoms with Gasteiger partial charge in [0, 0.05) is 11.3 Å². The van der Waals surface area contributed by atoms with E-state index < -0.39 is 41.6 Å². The first kappa shape index (κ1) is 20.8. The number of rotatable bonds is 3. The molecule has 0 bridgehead atoms. The molecule has 3 aromatic rings. The Bertz CT molecular complexity index is 1390. The van der Waals surface area contributed by atoms with Gasteiger partial charge in [-0.3, -0.25) is 14.4 Å². The number of para-hydroxylation sites is 1. The minimum Gasteiger partial charge on any atom is -0.352 e. The summed E-state index contributed by atoms with van der Waals surface area (Å²) < 4.78 is 13.7. The van der Waals surface area contributed by atoms with Crippen LogP contribution in [-0.4, -0.2) is 29.7 Å². The van der Waals surface area contributed by atoms with E-state index in [2.05, 4.69) is 0 Å². The summed E-state index contributed by atoms with van der Waals surface area (Å²) in [5, 5.41) is -0.180. The molecule has 2 saturated heterocycles. The van der Waals surface area contributed by atoms with Crippen molar-refractivity contribution >= 4 is 46.6 Å². The van der Waals surface area contributed by atoms with Crippen LogP contribution in [0.4, 0.5) is 15.8 Å². The molecule has 2 fully saturated rings. The normalized spacial score (nSPS) is 24.8. The Morgan fingerprint density at radius 2 is 1.59 bits per heavy atom. The van der Waals surface area contributed by atoms with Crippen molar-refractivity contribution in [2.45, 2.75) is 12.1 Å². The maximum Gasteiger partial charge on any atom is 0.240 e. The third kappa shape index (κ3) is 2.88. The van der Waals surface area contributed by atoms with Gasteiger partial charge in [0.25, 0.3) is 0 Å². The molecule has 0 N–H and O–H groups in total. The van der Waals surface area contributed by atoms with Crippen LogP contribution in [0.1, 0.15) is 15.9 Å². The molecule has 0 radical (unpaired) electrons. The highest BCUT2D eigenvalue weighted by Gasteiger charge is 2.64. The van der Waals surface area contributed by atoms with Crippen molar-refractivity contribution in [3.8, 4) is 0 Å². The molecule has 3 aliphatic rings. The summed E-state index contributed by atoms with van der Waals surface area (Å²) in [5.41, 5.74) is 2.42. The second-order valence-electron chi connectivity index (χ2n) is 8.65. The number of ketones is 1. The van der Waals surface area contributed by atoms with Crippen molar-refractivity contribution in [2.75, 3.05) is 9.80 Å². The monoisotopic (exact) mass is 472 g/mol. The lowest BCUT2D eigenvalue weighted by Crippen LogP contribution is -2.48. The zero-order chi connectivity index (χ0) is 23.6. The minimum atomic E-state index is -0.884. The first-order valence-corrected chi connectivity index (χ1v) is 11.3. The zero-order valence-corrected chi connectivity index (χ0v) is 18.5. The van der Waals surface area contributed by atoms with Gasteiger partial charge >= 0.3 is 0 Å². The summed E-state index contributed by atoms with van der Waals surface area (Å²) in [6, 6.07) is 18.9. The highest BCUT2D eigenvalue weighted by Crippen LogP contribution is 2.49. The number of anilines is 2. The second kappa shape index (κ2) is 7.64. The second-order valence-corrected chi connectivity index (χ2v) is 9.06. The molecule has 0 saturated carbocycles. The highest BCUT2D eigenvalue weighted by molar-refractivity contribution is 6.32. The fraction of sp³-hybridized carbons (Fsp3) is 0.148. The van der Waals surface area contributed by atoms with E-state index >= 15 is 0 Å². The molecule has 4 unspecified atom stereocenters. The van der Waals surface area contributed by atoms with Crippen LogP contribution in [0.25, 0.3) is 6.08 Å². The Hall–Kier alpha value is -3.77. The van der Waals surface area contributed by atoms with Crippen molar-refractivity contribution in [2.24, 2.45) is 11.8 Å². The number of carbonyl (C=O) groups excluding carboxylic acids is 3. The Labute approximate surface area is 200 Å². The Kier molecular flexibility index (Phi) is 4.67. The average molecular weight is 473 g/mol. The molecule has 168 valence electrons. The van der Waals surface area contributed by atoms with Crippen LogP contribution < -0.4 is 9.80 Å². The fourth-order valence-corrected chi connectivity index (χ4v) is 5.64. The van der Waals surface area contributed by atoms with E-state index in [0.717, 1.165) is 22.2 Å². The summed E-state index contributed by atoms with van der Waals surface area (Å²) in [7, 11) is 0. The van der Waals surface area contributed by atoms with E-state index in [1.54, 1.807) is 24.3 Å². The number of amides is 2. The molecule has 5 nitrogen and oxygen atoms in total. The molecule has 0 aliphatic carbocycles. The van der Waals surface area contributed by atoms with Gasteiger partial charge in [-0.05, 0) is 29.8 Å². The lowest BCUT2D eigenvalue weighted by Gasteiger charge is -2.36. The molecule has 6 rings (SSSR count). The van der Waals surface area contributed by atoms with E-state index in [0.29, 0.717) is 5.56 Å². The van der Waals surface area contributed by atoms with Crippen LogP contribution in [0, 0.1) is 17.7 Å². The van der Waals surface area contributed by atoms with E-state index in [1.807, 2.05) is 47.4 Å². The van der Waals surface area contributed by atoms with Gasteiger partial charge in [-0.15, -0.1) is 0 Å². The van der Waals surface area contributed by atoms with Gasteiger partial charge in [0.15, 0.2) is 5.78 Å². The Balaban J connectivity index is 1.50. The molecule has 7 heteroatoms. The number of hydrogen-bond acceptors (Lipinski definition) is 4. The highest BCUT2D eigenvalue weighted by atomic mass is 35.5. The molecular weight excluding hydrogens is 455 g/mol. The lowest BCUT2D eigenvalue weighted by molar-refractivity contribution is -0.122. The van der Waals surface area contributed by atoms with Crippen molar-refractivity contribution in [3.63, 3.8) is 0 Å². The van der Waals surface area contributed by atoms with Crippen molar-refractivity contribution in [1.29, 1.82) is 0 Å². The van der Waals surface area contributed by atoms with Crippen LogP contribution in [0.5, 0.6) is 0 Å². The maximum atomic E-state index is 13.8. The van der Waals surface area contributed by atoms with Crippen molar-refractivity contribution in [3.05, 3.63) is 101 Å². The summed E-state index contributed by atoms with van der Waals surface area (Å²) in [4.78, 5) is 44.2. The molecule has 3 aliphatic heterocycles. The van der Waals surface area contributed by atoms with Gasteiger partial charge in [0.05, 0.1) is 28.6 Å². The molecule has 3 heterocycles. The third-order valence-corrected chi connectivity index (χ3v) is 7.19. The molecule has 0 spiro atoms. The largest absolute Gasteiger partial charge is 0.352 e. The smallest absolute Gasteiger partial charge is 0.240 e. The molecule has 3 aromatic carbocycles.